The Morgan fingerprint density at radius 3 is 2.62 bits per heavy atom. The van der Waals surface area contributed by atoms with Crippen LogP contribution in [-0.4, -0.2) is 37.8 Å². The molecule has 0 radical (unpaired) electrons. The molecule has 0 saturated heterocycles. The van der Waals surface area contributed by atoms with E-state index in [9.17, 15) is 14.4 Å². The SMILES string of the molecule is CCOC(=O)c1cnn(C)c1NC(=O)C(CC)n1cnc2sc(C)c(-c3ccccc3)c2c1=O. The minimum atomic E-state index is -0.835. The molecular weight excluding hydrogens is 454 g/mol. The number of fused-ring (bicyclic) bond motifs is 1. The van der Waals surface area contributed by atoms with Crippen LogP contribution in [0.3, 0.4) is 0 Å². The molecule has 1 N–H and O–H groups in total. The van der Waals surface area contributed by atoms with E-state index in [-0.39, 0.29) is 23.5 Å². The molecule has 4 aromatic rings. The number of hydrogen-bond acceptors (Lipinski definition) is 7. The Kier molecular flexibility index (Phi) is 6.60. The molecule has 34 heavy (non-hydrogen) atoms. The van der Waals surface area contributed by atoms with Crippen molar-refractivity contribution in [2.24, 2.45) is 7.05 Å². The van der Waals surface area contributed by atoms with Gasteiger partial charge in [0.1, 0.15) is 22.3 Å². The van der Waals surface area contributed by atoms with Gasteiger partial charge < -0.3 is 10.1 Å². The van der Waals surface area contributed by atoms with Crippen LogP contribution < -0.4 is 10.9 Å². The first-order chi connectivity index (χ1) is 16.4. The number of ether oxygens (including phenoxy) is 1. The van der Waals surface area contributed by atoms with Gasteiger partial charge in [-0.3, -0.25) is 18.8 Å². The molecule has 3 aromatic heterocycles. The number of aromatic nitrogens is 4. The molecule has 0 aliphatic heterocycles. The first kappa shape index (κ1) is 23.4. The maximum absolute atomic E-state index is 13.6. The first-order valence-electron chi connectivity index (χ1n) is 10.9. The predicted molar refractivity (Wildman–Crippen MR) is 131 cm³/mol. The number of carbonyl (C=O) groups is 2. The van der Waals surface area contributed by atoms with E-state index in [2.05, 4.69) is 15.4 Å². The Balaban J connectivity index is 1.75. The molecule has 9 nitrogen and oxygen atoms in total. The van der Waals surface area contributed by atoms with Crippen molar-refractivity contribution in [2.45, 2.75) is 33.2 Å². The molecule has 1 amide bonds. The summed E-state index contributed by atoms with van der Waals surface area (Å²) in [5.74, 6) is -0.825. The van der Waals surface area contributed by atoms with Crippen LogP contribution in [-0.2, 0) is 16.6 Å². The molecule has 4 rings (SSSR count). The standard InChI is InChI=1S/C24H25N5O4S/c1-5-17(21(30)27-20-16(12-26-28(20)4)24(32)33-6-2)29-13-25-22-19(23(29)31)18(14(3)34-22)15-10-8-7-9-11-15/h7-13,17H,5-6H2,1-4H3,(H,27,30). The Morgan fingerprint density at radius 1 is 1.21 bits per heavy atom. The number of rotatable bonds is 7. The lowest BCUT2D eigenvalue weighted by Crippen LogP contribution is -2.34. The van der Waals surface area contributed by atoms with Gasteiger partial charge in [-0.15, -0.1) is 11.3 Å². The van der Waals surface area contributed by atoms with Crippen LogP contribution in [0.2, 0.25) is 0 Å². The second kappa shape index (κ2) is 9.60. The number of benzene rings is 1. The molecule has 1 atom stereocenters. The van der Waals surface area contributed by atoms with Crippen LogP contribution in [0.1, 0.15) is 41.5 Å². The van der Waals surface area contributed by atoms with E-state index >= 15 is 0 Å². The van der Waals surface area contributed by atoms with Gasteiger partial charge >= 0.3 is 5.97 Å². The molecule has 0 saturated carbocycles. The van der Waals surface area contributed by atoms with E-state index in [4.69, 9.17) is 4.74 Å². The second-order valence-electron chi connectivity index (χ2n) is 7.70. The summed E-state index contributed by atoms with van der Waals surface area (Å²) in [6.07, 6.45) is 3.10. The average Bonchev–Trinajstić information content (AvgIpc) is 3.36. The first-order valence-corrected chi connectivity index (χ1v) is 11.7. The number of nitrogens with one attached hydrogen (secondary N) is 1. The van der Waals surface area contributed by atoms with Crippen molar-refractivity contribution in [1.82, 2.24) is 19.3 Å². The van der Waals surface area contributed by atoms with Crippen LogP contribution in [0.15, 0.2) is 47.7 Å². The Bertz CT molecular complexity index is 1420. The topological polar surface area (TPSA) is 108 Å². The van der Waals surface area contributed by atoms with Gasteiger partial charge in [0, 0.05) is 17.5 Å². The third kappa shape index (κ3) is 4.12. The number of thiophene rings is 1. The number of carbonyl (C=O) groups excluding carboxylic acids is 2. The molecule has 0 aliphatic rings. The van der Waals surface area contributed by atoms with Crippen molar-refractivity contribution in [1.29, 1.82) is 0 Å². The van der Waals surface area contributed by atoms with Crippen LogP contribution in [0.25, 0.3) is 21.3 Å². The summed E-state index contributed by atoms with van der Waals surface area (Å²) in [4.78, 5) is 45.3. The average molecular weight is 480 g/mol. The van der Waals surface area contributed by atoms with Crippen molar-refractivity contribution in [2.75, 3.05) is 11.9 Å². The lowest BCUT2D eigenvalue weighted by atomic mass is 10.0. The smallest absolute Gasteiger partial charge is 0.343 e. The highest BCUT2D eigenvalue weighted by atomic mass is 32.1. The molecule has 3 heterocycles. The minimum Gasteiger partial charge on any atom is -0.462 e. The van der Waals surface area contributed by atoms with E-state index < -0.39 is 17.9 Å². The summed E-state index contributed by atoms with van der Waals surface area (Å²) in [6, 6.07) is 8.83. The van der Waals surface area contributed by atoms with Gasteiger partial charge in [-0.25, -0.2) is 9.78 Å². The fourth-order valence-corrected chi connectivity index (χ4v) is 4.95. The van der Waals surface area contributed by atoms with Crippen LogP contribution in [0.5, 0.6) is 0 Å². The van der Waals surface area contributed by atoms with Gasteiger partial charge in [0.05, 0.1) is 24.5 Å². The summed E-state index contributed by atoms with van der Waals surface area (Å²) in [7, 11) is 1.61. The maximum Gasteiger partial charge on any atom is 0.343 e. The number of nitrogens with zero attached hydrogens (tertiary/aromatic N) is 4. The van der Waals surface area contributed by atoms with Crippen LogP contribution in [0.4, 0.5) is 5.82 Å². The minimum absolute atomic E-state index is 0.147. The highest BCUT2D eigenvalue weighted by Gasteiger charge is 2.26. The predicted octanol–water partition coefficient (Wildman–Crippen LogP) is 3.93. The van der Waals surface area contributed by atoms with Crippen molar-refractivity contribution in [3.63, 3.8) is 0 Å². The fraction of sp³-hybridized carbons (Fsp3) is 0.292. The highest BCUT2D eigenvalue weighted by Crippen LogP contribution is 2.35. The molecule has 10 heteroatoms. The van der Waals surface area contributed by atoms with E-state index in [1.807, 2.05) is 44.2 Å². The summed E-state index contributed by atoms with van der Waals surface area (Å²) in [5.41, 5.74) is 1.62. The van der Waals surface area contributed by atoms with Crippen molar-refractivity contribution in [3.8, 4) is 11.1 Å². The van der Waals surface area contributed by atoms with Gasteiger partial charge in [-0.05, 0) is 25.8 Å². The van der Waals surface area contributed by atoms with Gasteiger partial charge in [-0.2, -0.15) is 5.10 Å². The lowest BCUT2D eigenvalue weighted by Gasteiger charge is -2.18. The molecule has 1 unspecified atom stereocenters. The zero-order valence-corrected chi connectivity index (χ0v) is 20.2. The largest absolute Gasteiger partial charge is 0.462 e. The van der Waals surface area contributed by atoms with Crippen molar-refractivity contribution in [3.05, 3.63) is 63.7 Å². The zero-order valence-electron chi connectivity index (χ0n) is 19.4. The van der Waals surface area contributed by atoms with E-state index in [1.54, 1.807) is 14.0 Å². The van der Waals surface area contributed by atoms with Gasteiger partial charge in [0.25, 0.3) is 5.56 Å². The Labute approximate surface area is 200 Å². The zero-order chi connectivity index (χ0) is 24.4. The highest BCUT2D eigenvalue weighted by molar-refractivity contribution is 7.19. The lowest BCUT2D eigenvalue weighted by molar-refractivity contribution is -0.119. The molecule has 0 fully saturated rings. The second-order valence-corrected chi connectivity index (χ2v) is 8.90. The Hall–Kier alpha value is -3.79. The Morgan fingerprint density at radius 2 is 1.94 bits per heavy atom. The fourth-order valence-electron chi connectivity index (χ4n) is 3.94. The summed E-state index contributed by atoms with van der Waals surface area (Å²) >= 11 is 1.45. The van der Waals surface area contributed by atoms with Crippen LogP contribution in [0, 0.1) is 6.92 Å². The molecule has 0 spiro atoms. The summed E-state index contributed by atoms with van der Waals surface area (Å²) in [5, 5.41) is 7.30. The molecule has 1 aromatic carbocycles. The quantitative estimate of drug-likeness (QED) is 0.402. The van der Waals surface area contributed by atoms with Crippen LogP contribution >= 0.6 is 11.3 Å². The monoisotopic (exact) mass is 479 g/mol. The molecule has 0 bridgehead atoms. The molecule has 0 aliphatic carbocycles. The third-order valence-electron chi connectivity index (χ3n) is 5.58. The summed E-state index contributed by atoms with van der Waals surface area (Å²) < 4.78 is 7.80. The third-order valence-corrected chi connectivity index (χ3v) is 6.59. The van der Waals surface area contributed by atoms with Gasteiger partial charge in [-0.1, -0.05) is 37.3 Å². The van der Waals surface area contributed by atoms with Crippen molar-refractivity contribution >= 4 is 39.2 Å². The van der Waals surface area contributed by atoms with E-state index in [1.165, 1.54) is 33.1 Å². The van der Waals surface area contributed by atoms with Gasteiger partial charge in [0.15, 0.2) is 0 Å². The number of hydrogen-bond donors (Lipinski definition) is 1. The molecule has 176 valence electrons. The number of aryl methyl sites for hydroxylation is 2. The number of amides is 1. The van der Waals surface area contributed by atoms with E-state index in [0.29, 0.717) is 16.6 Å². The molecular formula is C24H25N5O4S. The van der Waals surface area contributed by atoms with Gasteiger partial charge in [0.2, 0.25) is 5.91 Å². The number of esters is 1. The normalized spacial score (nSPS) is 12.0. The number of anilines is 1. The summed E-state index contributed by atoms with van der Waals surface area (Å²) in [6.45, 7) is 5.67. The maximum atomic E-state index is 13.6. The van der Waals surface area contributed by atoms with Crippen molar-refractivity contribution < 1.29 is 14.3 Å². The van der Waals surface area contributed by atoms with E-state index in [0.717, 1.165) is 16.0 Å².